The standard InChI is InChI=1S/C30H36ClN3O4S/c1-6-27(29(36)32-30(3,4)5)33(20-23-10-8-7-9-11-23)28(35)21-34(25-16-12-22(2)13-17-25)39(37,38)26-18-14-24(31)15-19-26/h7-19,27H,6,20-21H2,1-5H3,(H,32,36)/t27-/m0/s1. The first kappa shape index (κ1) is 30.2. The summed E-state index contributed by atoms with van der Waals surface area (Å²) < 4.78 is 28.8. The van der Waals surface area contributed by atoms with Gasteiger partial charge in [0.25, 0.3) is 10.0 Å². The van der Waals surface area contributed by atoms with Gasteiger partial charge in [0.15, 0.2) is 0 Å². The summed E-state index contributed by atoms with van der Waals surface area (Å²) in [4.78, 5) is 28.8. The average molecular weight is 570 g/mol. The summed E-state index contributed by atoms with van der Waals surface area (Å²) in [5, 5.41) is 3.37. The average Bonchev–Trinajstić information content (AvgIpc) is 2.87. The van der Waals surface area contributed by atoms with Gasteiger partial charge in [0.2, 0.25) is 11.8 Å². The normalized spacial score (nSPS) is 12.5. The molecule has 0 radical (unpaired) electrons. The second kappa shape index (κ2) is 12.7. The molecule has 1 atom stereocenters. The zero-order valence-electron chi connectivity index (χ0n) is 23.0. The predicted octanol–water partition coefficient (Wildman–Crippen LogP) is 5.57. The number of nitrogens with zero attached hydrogens (tertiary/aromatic N) is 2. The van der Waals surface area contributed by atoms with E-state index in [1.165, 1.54) is 29.2 Å². The number of anilines is 1. The quantitative estimate of drug-likeness (QED) is 0.346. The van der Waals surface area contributed by atoms with Crippen LogP contribution < -0.4 is 9.62 Å². The minimum Gasteiger partial charge on any atom is -0.350 e. The molecule has 0 heterocycles. The monoisotopic (exact) mass is 569 g/mol. The summed E-state index contributed by atoms with van der Waals surface area (Å²) in [6.45, 7) is 9.02. The Morgan fingerprint density at radius 3 is 2.05 bits per heavy atom. The second-order valence-corrected chi connectivity index (χ2v) is 12.8. The van der Waals surface area contributed by atoms with Crippen LogP contribution in [0.15, 0.2) is 83.8 Å². The number of sulfonamides is 1. The number of hydrogen-bond acceptors (Lipinski definition) is 4. The van der Waals surface area contributed by atoms with E-state index in [4.69, 9.17) is 11.6 Å². The fraction of sp³-hybridized carbons (Fsp3) is 0.333. The number of carbonyl (C=O) groups is 2. The summed E-state index contributed by atoms with van der Waals surface area (Å²) in [5.41, 5.74) is 1.62. The molecule has 1 N–H and O–H groups in total. The lowest BCUT2D eigenvalue weighted by molar-refractivity contribution is -0.141. The highest BCUT2D eigenvalue weighted by Gasteiger charge is 2.34. The maximum Gasteiger partial charge on any atom is 0.264 e. The molecule has 9 heteroatoms. The Balaban J connectivity index is 2.05. The van der Waals surface area contributed by atoms with Crippen LogP contribution in [0.3, 0.4) is 0 Å². The van der Waals surface area contributed by atoms with E-state index in [2.05, 4.69) is 5.32 Å². The van der Waals surface area contributed by atoms with E-state index < -0.39 is 34.1 Å². The first-order chi connectivity index (χ1) is 18.3. The first-order valence-electron chi connectivity index (χ1n) is 12.8. The Kier molecular flexibility index (Phi) is 9.80. The molecule has 0 fully saturated rings. The molecule has 39 heavy (non-hydrogen) atoms. The topological polar surface area (TPSA) is 86.8 Å². The molecule has 0 saturated carbocycles. The summed E-state index contributed by atoms with van der Waals surface area (Å²) >= 11 is 6.00. The maximum absolute atomic E-state index is 14.0. The van der Waals surface area contributed by atoms with Crippen LogP contribution in [0.2, 0.25) is 5.02 Å². The van der Waals surface area contributed by atoms with Crippen LogP contribution in [0.1, 0.15) is 45.2 Å². The maximum atomic E-state index is 14.0. The van der Waals surface area contributed by atoms with Crippen LogP contribution in [0.4, 0.5) is 5.69 Å². The first-order valence-corrected chi connectivity index (χ1v) is 14.6. The lowest BCUT2D eigenvalue weighted by Gasteiger charge is -2.34. The molecule has 7 nitrogen and oxygen atoms in total. The lowest BCUT2D eigenvalue weighted by Crippen LogP contribution is -2.55. The summed E-state index contributed by atoms with van der Waals surface area (Å²) in [6.07, 6.45) is 0.356. The van der Waals surface area contributed by atoms with Crippen LogP contribution in [0, 0.1) is 6.92 Å². The number of hydrogen-bond donors (Lipinski definition) is 1. The third-order valence-corrected chi connectivity index (χ3v) is 8.12. The number of rotatable bonds is 10. The highest BCUT2D eigenvalue weighted by Crippen LogP contribution is 2.26. The third kappa shape index (κ3) is 8.07. The van der Waals surface area contributed by atoms with Gasteiger partial charge < -0.3 is 10.2 Å². The van der Waals surface area contributed by atoms with Crippen molar-refractivity contribution >= 4 is 39.1 Å². The van der Waals surface area contributed by atoms with Gasteiger partial charge in [-0.3, -0.25) is 13.9 Å². The molecule has 0 aliphatic heterocycles. The fourth-order valence-electron chi connectivity index (χ4n) is 4.13. The third-order valence-electron chi connectivity index (χ3n) is 6.08. The Hall–Kier alpha value is -3.36. The highest BCUT2D eigenvalue weighted by atomic mass is 35.5. The molecule has 0 saturated heterocycles. The van der Waals surface area contributed by atoms with E-state index in [0.717, 1.165) is 15.4 Å². The SMILES string of the molecule is CC[C@@H](C(=O)NC(C)(C)C)N(Cc1ccccc1)C(=O)CN(c1ccc(C)cc1)S(=O)(=O)c1ccc(Cl)cc1. The zero-order valence-corrected chi connectivity index (χ0v) is 24.6. The Bertz CT molecular complexity index is 1370. The fourth-order valence-corrected chi connectivity index (χ4v) is 5.67. The number of amides is 2. The minimum absolute atomic E-state index is 0.00685. The number of aryl methyl sites for hydroxylation is 1. The van der Waals surface area contributed by atoms with Crippen molar-refractivity contribution in [1.82, 2.24) is 10.2 Å². The van der Waals surface area contributed by atoms with Crippen LogP contribution in [-0.4, -0.2) is 43.3 Å². The zero-order chi connectivity index (χ0) is 28.8. The van der Waals surface area contributed by atoms with E-state index in [0.29, 0.717) is 17.1 Å². The van der Waals surface area contributed by atoms with Crippen molar-refractivity contribution < 1.29 is 18.0 Å². The van der Waals surface area contributed by atoms with Gasteiger partial charge in [-0.15, -0.1) is 0 Å². The van der Waals surface area contributed by atoms with Gasteiger partial charge in [-0.2, -0.15) is 0 Å². The van der Waals surface area contributed by atoms with E-state index in [1.54, 1.807) is 24.3 Å². The molecular weight excluding hydrogens is 534 g/mol. The lowest BCUT2D eigenvalue weighted by atomic mass is 10.1. The number of halogens is 1. The van der Waals surface area contributed by atoms with E-state index in [1.807, 2.05) is 65.0 Å². The molecule has 0 unspecified atom stereocenters. The predicted molar refractivity (Wildman–Crippen MR) is 156 cm³/mol. The van der Waals surface area contributed by atoms with Crippen molar-refractivity contribution in [3.8, 4) is 0 Å². The molecular formula is C30H36ClN3O4S. The highest BCUT2D eigenvalue weighted by molar-refractivity contribution is 7.92. The molecule has 0 aliphatic rings. The number of benzene rings is 3. The van der Waals surface area contributed by atoms with Crippen LogP contribution in [0.5, 0.6) is 0 Å². The molecule has 0 spiro atoms. The van der Waals surface area contributed by atoms with Gasteiger partial charge in [0.1, 0.15) is 12.6 Å². The van der Waals surface area contributed by atoms with Crippen molar-refractivity contribution in [3.05, 3.63) is 95.0 Å². The van der Waals surface area contributed by atoms with Crippen molar-refractivity contribution in [3.63, 3.8) is 0 Å². The van der Waals surface area contributed by atoms with Gasteiger partial charge in [0, 0.05) is 17.1 Å². The molecule has 0 aliphatic carbocycles. The Morgan fingerprint density at radius 1 is 0.923 bits per heavy atom. The second-order valence-electron chi connectivity index (χ2n) is 10.5. The molecule has 2 amide bonds. The number of carbonyl (C=O) groups excluding carboxylic acids is 2. The van der Waals surface area contributed by atoms with Crippen molar-refractivity contribution in [2.75, 3.05) is 10.8 Å². The van der Waals surface area contributed by atoms with Crippen LogP contribution in [-0.2, 0) is 26.2 Å². The molecule has 208 valence electrons. The van der Waals surface area contributed by atoms with Gasteiger partial charge >= 0.3 is 0 Å². The van der Waals surface area contributed by atoms with E-state index in [9.17, 15) is 18.0 Å². The van der Waals surface area contributed by atoms with Crippen molar-refractivity contribution in [2.45, 2.75) is 64.1 Å². The molecule has 0 aromatic heterocycles. The summed E-state index contributed by atoms with van der Waals surface area (Å²) in [6, 6.07) is 21.3. The van der Waals surface area contributed by atoms with Gasteiger partial charge in [-0.25, -0.2) is 8.42 Å². The van der Waals surface area contributed by atoms with Crippen LogP contribution in [0.25, 0.3) is 0 Å². The molecule has 0 bridgehead atoms. The van der Waals surface area contributed by atoms with Gasteiger partial charge in [-0.1, -0.05) is 66.6 Å². The number of nitrogens with one attached hydrogen (secondary N) is 1. The molecule has 3 rings (SSSR count). The van der Waals surface area contributed by atoms with Gasteiger partial charge in [0.05, 0.1) is 10.6 Å². The summed E-state index contributed by atoms with van der Waals surface area (Å²) in [7, 11) is -4.14. The van der Waals surface area contributed by atoms with E-state index >= 15 is 0 Å². The smallest absolute Gasteiger partial charge is 0.264 e. The minimum atomic E-state index is -4.14. The van der Waals surface area contributed by atoms with Gasteiger partial charge in [-0.05, 0) is 76.1 Å². The Morgan fingerprint density at radius 2 is 1.51 bits per heavy atom. The molecule has 3 aromatic carbocycles. The van der Waals surface area contributed by atoms with Crippen molar-refractivity contribution in [1.29, 1.82) is 0 Å². The van der Waals surface area contributed by atoms with Crippen LogP contribution >= 0.6 is 11.6 Å². The molecule has 3 aromatic rings. The summed E-state index contributed by atoms with van der Waals surface area (Å²) in [5.74, 6) is -0.787. The Labute approximate surface area is 236 Å². The largest absolute Gasteiger partial charge is 0.350 e. The van der Waals surface area contributed by atoms with Crippen molar-refractivity contribution in [2.24, 2.45) is 0 Å². The van der Waals surface area contributed by atoms with E-state index in [-0.39, 0.29) is 17.3 Å².